The minimum Gasteiger partial charge on any atom is -0.316 e. The largest absolute Gasteiger partial charge is 0.316 e. The van der Waals surface area contributed by atoms with Crippen molar-refractivity contribution < 1.29 is 0 Å². The van der Waals surface area contributed by atoms with E-state index in [4.69, 9.17) is 0 Å². The number of aryl methyl sites for hydroxylation is 1. The van der Waals surface area contributed by atoms with Gasteiger partial charge in [0, 0.05) is 17.8 Å². The number of hydrogen-bond acceptors (Lipinski definition) is 2. The van der Waals surface area contributed by atoms with Gasteiger partial charge in [-0.25, -0.2) is 0 Å². The summed E-state index contributed by atoms with van der Waals surface area (Å²) in [4.78, 5) is 0. The van der Waals surface area contributed by atoms with Gasteiger partial charge in [-0.3, -0.25) is 4.68 Å². The molecule has 1 N–H and O–H groups in total. The van der Waals surface area contributed by atoms with Crippen LogP contribution in [0.4, 0.5) is 0 Å². The van der Waals surface area contributed by atoms with E-state index in [2.05, 4.69) is 60.1 Å². The van der Waals surface area contributed by atoms with Crippen LogP contribution < -0.4 is 5.32 Å². The Balaban J connectivity index is 2.29. The van der Waals surface area contributed by atoms with Gasteiger partial charge in [-0.2, -0.15) is 5.10 Å². The van der Waals surface area contributed by atoms with Gasteiger partial charge in [-0.1, -0.05) is 43.7 Å². The van der Waals surface area contributed by atoms with Crippen LogP contribution in [0.1, 0.15) is 42.1 Å². The van der Waals surface area contributed by atoms with Crippen molar-refractivity contribution in [3.05, 3.63) is 52.8 Å². The number of aromatic nitrogens is 2. The minimum atomic E-state index is 0.482. The molecule has 19 heavy (non-hydrogen) atoms. The molecule has 0 atom stereocenters. The zero-order valence-corrected chi connectivity index (χ0v) is 12.3. The maximum atomic E-state index is 4.56. The van der Waals surface area contributed by atoms with Crippen LogP contribution >= 0.6 is 0 Å². The Hall–Kier alpha value is -1.61. The summed E-state index contributed by atoms with van der Waals surface area (Å²) in [6, 6.07) is 8.63. The van der Waals surface area contributed by atoms with E-state index in [9.17, 15) is 0 Å². The quantitative estimate of drug-likeness (QED) is 0.892. The molecule has 0 aliphatic heterocycles. The Morgan fingerprint density at radius 1 is 1.32 bits per heavy atom. The fourth-order valence-electron chi connectivity index (χ4n) is 2.54. The highest BCUT2D eigenvalue weighted by Crippen LogP contribution is 2.20. The second kappa shape index (κ2) is 6.02. The van der Waals surface area contributed by atoms with Gasteiger partial charge in [0.25, 0.3) is 0 Å². The zero-order valence-electron chi connectivity index (χ0n) is 12.3. The van der Waals surface area contributed by atoms with Crippen molar-refractivity contribution in [1.29, 1.82) is 0 Å². The molecule has 1 aromatic carbocycles. The van der Waals surface area contributed by atoms with Crippen LogP contribution in [0, 0.1) is 6.92 Å². The van der Waals surface area contributed by atoms with E-state index in [0.29, 0.717) is 5.92 Å². The maximum Gasteiger partial charge on any atom is 0.0662 e. The highest BCUT2D eigenvalue weighted by molar-refractivity contribution is 5.25. The van der Waals surface area contributed by atoms with Crippen LogP contribution in [-0.4, -0.2) is 16.8 Å². The molecule has 0 radical (unpaired) electrons. The van der Waals surface area contributed by atoms with Crippen molar-refractivity contribution in [1.82, 2.24) is 15.1 Å². The van der Waals surface area contributed by atoms with Crippen LogP contribution in [0.25, 0.3) is 0 Å². The van der Waals surface area contributed by atoms with Crippen LogP contribution in [0.3, 0.4) is 0 Å². The minimum absolute atomic E-state index is 0.482. The summed E-state index contributed by atoms with van der Waals surface area (Å²) in [6.07, 6.45) is 1.99. The Kier molecular flexibility index (Phi) is 4.38. The van der Waals surface area contributed by atoms with E-state index < -0.39 is 0 Å². The fourth-order valence-corrected chi connectivity index (χ4v) is 2.54. The van der Waals surface area contributed by atoms with Gasteiger partial charge in [0.15, 0.2) is 0 Å². The van der Waals surface area contributed by atoms with Crippen molar-refractivity contribution in [2.45, 2.75) is 39.8 Å². The molecule has 0 bridgehead atoms. The molecule has 0 aliphatic carbocycles. The molecule has 0 unspecified atom stereocenters. The molecule has 1 heterocycles. The van der Waals surface area contributed by atoms with Crippen LogP contribution in [0.5, 0.6) is 0 Å². The molecule has 0 amide bonds. The third-order valence-corrected chi connectivity index (χ3v) is 3.29. The molecule has 3 nitrogen and oxygen atoms in total. The number of rotatable bonds is 5. The Labute approximate surface area is 115 Å². The summed E-state index contributed by atoms with van der Waals surface area (Å²) in [5, 5.41) is 7.77. The number of nitrogens with zero attached hydrogens (tertiary/aromatic N) is 2. The molecule has 0 saturated carbocycles. The van der Waals surface area contributed by atoms with Crippen molar-refractivity contribution in [3.63, 3.8) is 0 Å². The summed E-state index contributed by atoms with van der Waals surface area (Å²) < 4.78 is 2.13. The summed E-state index contributed by atoms with van der Waals surface area (Å²) in [5.41, 5.74) is 5.23. The SMILES string of the molecule is CNCc1cnn(Cc2cccc(C)c2)c1C(C)C. The topological polar surface area (TPSA) is 29.9 Å². The smallest absolute Gasteiger partial charge is 0.0662 e. The Morgan fingerprint density at radius 2 is 2.11 bits per heavy atom. The lowest BCUT2D eigenvalue weighted by Crippen LogP contribution is -2.12. The first-order valence-electron chi connectivity index (χ1n) is 6.86. The predicted molar refractivity (Wildman–Crippen MR) is 79.4 cm³/mol. The Morgan fingerprint density at radius 3 is 2.74 bits per heavy atom. The third-order valence-electron chi connectivity index (χ3n) is 3.29. The number of nitrogens with one attached hydrogen (secondary N) is 1. The zero-order chi connectivity index (χ0) is 13.8. The van der Waals surface area contributed by atoms with Crippen molar-refractivity contribution in [2.75, 3.05) is 7.05 Å². The van der Waals surface area contributed by atoms with Gasteiger partial charge in [0.2, 0.25) is 0 Å². The first-order valence-corrected chi connectivity index (χ1v) is 6.86. The molecule has 1 aromatic heterocycles. The average Bonchev–Trinajstić information content (AvgIpc) is 2.72. The van der Waals surface area contributed by atoms with Crippen LogP contribution in [-0.2, 0) is 13.1 Å². The number of benzene rings is 1. The standard InChI is InChI=1S/C16H23N3/c1-12(2)16-15(9-17-4)10-18-19(16)11-14-7-5-6-13(3)8-14/h5-8,10,12,17H,9,11H2,1-4H3. The first kappa shape index (κ1) is 13.8. The molecule has 3 heteroatoms. The molecule has 2 rings (SSSR count). The van der Waals surface area contributed by atoms with Gasteiger partial charge in [0.1, 0.15) is 0 Å². The molecule has 0 aliphatic rings. The lowest BCUT2D eigenvalue weighted by molar-refractivity contribution is 0.611. The summed E-state index contributed by atoms with van der Waals surface area (Å²) in [6.45, 7) is 8.30. The second-order valence-corrected chi connectivity index (χ2v) is 5.39. The predicted octanol–water partition coefficient (Wildman–Crippen LogP) is 3.08. The van der Waals surface area contributed by atoms with E-state index in [1.54, 1.807) is 0 Å². The van der Waals surface area contributed by atoms with E-state index in [-0.39, 0.29) is 0 Å². The van der Waals surface area contributed by atoms with E-state index >= 15 is 0 Å². The molecule has 0 spiro atoms. The van der Waals surface area contributed by atoms with E-state index in [1.807, 2.05) is 13.2 Å². The highest BCUT2D eigenvalue weighted by Gasteiger charge is 2.13. The fraction of sp³-hybridized carbons (Fsp3) is 0.438. The maximum absolute atomic E-state index is 4.56. The first-order chi connectivity index (χ1) is 9.11. The van der Waals surface area contributed by atoms with E-state index in [1.165, 1.54) is 22.4 Å². The molecular weight excluding hydrogens is 234 g/mol. The second-order valence-electron chi connectivity index (χ2n) is 5.39. The molecule has 2 aromatic rings. The monoisotopic (exact) mass is 257 g/mol. The molecule has 102 valence electrons. The molecular formula is C16H23N3. The highest BCUT2D eigenvalue weighted by atomic mass is 15.3. The van der Waals surface area contributed by atoms with Crippen molar-refractivity contribution in [3.8, 4) is 0 Å². The number of hydrogen-bond donors (Lipinski definition) is 1. The summed E-state index contributed by atoms with van der Waals surface area (Å²) >= 11 is 0. The van der Waals surface area contributed by atoms with Gasteiger partial charge >= 0.3 is 0 Å². The Bertz CT molecular complexity index is 541. The van der Waals surface area contributed by atoms with Crippen LogP contribution in [0.2, 0.25) is 0 Å². The van der Waals surface area contributed by atoms with Gasteiger partial charge in [-0.15, -0.1) is 0 Å². The third kappa shape index (κ3) is 3.24. The van der Waals surface area contributed by atoms with Crippen molar-refractivity contribution >= 4 is 0 Å². The average molecular weight is 257 g/mol. The lowest BCUT2D eigenvalue weighted by Gasteiger charge is -2.13. The van der Waals surface area contributed by atoms with E-state index in [0.717, 1.165) is 13.1 Å². The van der Waals surface area contributed by atoms with Gasteiger partial charge in [-0.05, 0) is 25.5 Å². The van der Waals surface area contributed by atoms with Gasteiger partial charge in [0.05, 0.1) is 12.7 Å². The summed E-state index contributed by atoms with van der Waals surface area (Å²) in [5.74, 6) is 0.482. The van der Waals surface area contributed by atoms with Crippen LogP contribution in [0.15, 0.2) is 30.5 Å². The molecule has 0 fully saturated rings. The summed E-state index contributed by atoms with van der Waals surface area (Å²) in [7, 11) is 1.97. The normalized spacial score (nSPS) is 11.2. The van der Waals surface area contributed by atoms with Gasteiger partial charge < -0.3 is 5.32 Å². The van der Waals surface area contributed by atoms with Crippen molar-refractivity contribution in [2.24, 2.45) is 0 Å². The molecule has 0 saturated heterocycles. The lowest BCUT2D eigenvalue weighted by atomic mass is 10.1.